The highest BCUT2D eigenvalue weighted by atomic mass is 32.2. The number of anilines is 1. The van der Waals surface area contributed by atoms with Crippen molar-refractivity contribution in [2.45, 2.75) is 30.1 Å². The van der Waals surface area contributed by atoms with E-state index in [4.69, 9.17) is 4.74 Å². The van der Waals surface area contributed by atoms with Crippen LogP contribution < -0.4 is 5.32 Å². The third kappa shape index (κ3) is 3.30. The van der Waals surface area contributed by atoms with Crippen LogP contribution in [0.1, 0.15) is 17.7 Å². The lowest BCUT2D eigenvalue weighted by molar-refractivity contribution is -0.145. The molecule has 1 amide bonds. The summed E-state index contributed by atoms with van der Waals surface area (Å²) in [7, 11) is 0. The van der Waals surface area contributed by atoms with Gasteiger partial charge in [-0.3, -0.25) is 9.59 Å². The Kier molecular flexibility index (Phi) is 4.38. The molecule has 1 N–H and O–H groups in total. The third-order valence-electron chi connectivity index (χ3n) is 4.17. The molecule has 26 heavy (non-hydrogen) atoms. The minimum atomic E-state index is -0.485. The van der Waals surface area contributed by atoms with Crippen LogP contribution in [0.4, 0.5) is 5.69 Å². The van der Waals surface area contributed by atoms with E-state index in [1.165, 1.54) is 11.8 Å². The number of ether oxygens (including phenoxy) is 1. The van der Waals surface area contributed by atoms with Crippen molar-refractivity contribution < 1.29 is 14.3 Å². The zero-order valence-corrected chi connectivity index (χ0v) is 15.0. The van der Waals surface area contributed by atoms with Crippen LogP contribution in [0.3, 0.4) is 0 Å². The number of nitrogens with one attached hydrogen (secondary N) is 1. The van der Waals surface area contributed by atoms with Crippen molar-refractivity contribution in [1.29, 1.82) is 0 Å². The van der Waals surface area contributed by atoms with Gasteiger partial charge in [-0.15, -0.1) is 11.8 Å². The van der Waals surface area contributed by atoms with Crippen molar-refractivity contribution in [3.05, 3.63) is 60.0 Å². The number of para-hydroxylation sites is 1. The Morgan fingerprint density at radius 1 is 1.31 bits per heavy atom. The van der Waals surface area contributed by atoms with Crippen molar-refractivity contribution in [2.24, 2.45) is 0 Å². The fourth-order valence-electron chi connectivity index (χ4n) is 2.87. The van der Waals surface area contributed by atoms with Crippen LogP contribution in [0.25, 0.3) is 5.65 Å². The molecule has 4 rings (SSSR count). The highest BCUT2D eigenvalue weighted by Crippen LogP contribution is 2.36. The topological polar surface area (TPSA) is 72.7 Å². The van der Waals surface area contributed by atoms with Gasteiger partial charge < -0.3 is 14.5 Å². The van der Waals surface area contributed by atoms with Gasteiger partial charge in [-0.25, -0.2) is 4.98 Å². The van der Waals surface area contributed by atoms with Gasteiger partial charge in [-0.1, -0.05) is 18.2 Å². The summed E-state index contributed by atoms with van der Waals surface area (Å²) in [5.41, 5.74) is 3.36. The van der Waals surface area contributed by atoms with E-state index in [1.807, 2.05) is 60.1 Å². The van der Waals surface area contributed by atoms with Crippen LogP contribution in [0.2, 0.25) is 0 Å². The van der Waals surface area contributed by atoms with Gasteiger partial charge in [0.25, 0.3) is 0 Å². The lowest BCUT2D eigenvalue weighted by Gasteiger charge is -2.23. The summed E-state index contributed by atoms with van der Waals surface area (Å²) in [6.07, 6.45) is 3.77. The van der Waals surface area contributed by atoms with Gasteiger partial charge in [-0.2, -0.15) is 0 Å². The molecule has 1 unspecified atom stereocenters. The number of aromatic nitrogens is 2. The molecular weight excluding hydrogens is 350 g/mol. The SMILES string of the molecule is Cc1cccn2cc(COC(=O)CC3Sc4ccccc4NC3=O)nc12. The Balaban J connectivity index is 1.38. The predicted octanol–water partition coefficient (Wildman–Crippen LogP) is 3.19. The van der Waals surface area contributed by atoms with Crippen LogP contribution in [0, 0.1) is 6.92 Å². The molecule has 6 nitrogen and oxygen atoms in total. The lowest BCUT2D eigenvalue weighted by atomic mass is 10.2. The summed E-state index contributed by atoms with van der Waals surface area (Å²) < 4.78 is 7.23. The van der Waals surface area contributed by atoms with Crippen LogP contribution in [-0.2, 0) is 20.9 Å². The molecule has 0 bridgehead atoms. The lowest BCUT2D eigenvalue weighted by Crippen LogP contribution is -2.31. The number of pyridine rings is 1. The molecule has 7 heteroatoms. The Labute approximate surface area is 154 Å². The summed E-state index contributed by atoms with van der Waals surface area (Å²) in [6.45, 7) is 2.07. The van der Waals surface area contributed by atoms with E-state index in [1.54, 1.807) is 0 Å². The zero-order valence-electron chi connectivity index (χ0n) is 14.1. The second-order valence-electron chi connectivity index (χ2n) is 6.11. The second-order valence-corrected chi connectivity index (χ2v) is 7.36. The molecule has 0 radical (unpaired) electrons. The first-order chi connectivity index (χ1) is 12.6. The van der Waals surface area contributed by atoms with E-state index >= 15 is 0 Å². The quantitative estimate of drug-likeness (QED) is 0.717. The number of benzene rings is 1. The largest absolute Gasteiger partial charge is 0.459 e. The number of carbonyl (C=O) groups is 2. The molecule has 0 aliphatic carbocycles. The molecule has 132 valence electrons. The number of esters is 1. The maximum absolute atomic E-state index is 12.2. The van der Waals surface area contributed by atoms with E-state index in [2.05, 4.69) is 10.3 Å². The highest BCUT2D eigenvalue weighted by molar-refractivity contribution is 8.01. The van der Waals surface area contributed by atoms with E-state index in [0.717, 1.165) is 21.8 Å². The second kappa shape index (κ2) is 6.84. The Morgan fingerprint density at radius 2 is 2.15 bits per heavy atom. The normalized spacial score (nSPS) is 16.2. The molecule has 1 aliphatic heterocycles. The van der Waals surface area contributed by atoms with Crippen molar-refractivity contribution in [3.63, 3.8) is 0 Å². The minimum Gasteiger partial charge on any atom is -0.459 e. The van der Waals surface area contributed by atoms with E-state index in [-0.39, 0.29) is 18.9 Å². The molecule has 3 aromatic rings. The minimum absolute atomic E-state index is 0.0250. The van der Waals surface area contributed by atoms with E-state index < -0.39 is 11.2 Å². The average Bonchev–Trinajstić information content (AvgIpc) is 3.05. The van der Waals surface area contributed by atoms with Gasteiger partial charge in [0.05, 0.1) is 23.1 Å². The fourth-order valence-corrected chi connectivity index (χ4v) is 3.96. The number of hydrogen-bond acceptors (Lipinski definition) is 5. The number of imidazole rings is 1. The summed E-state index contributed by atoms with van der Waals surface area (Å²) in [5.74, 6) is -0.584. The molecule has 0 spiro atoms. The van der Waals surface area contributed by atoms with Gasteiger partial charge >= 0.3 is 5.97 Å². The third-order valence-corrected chi connectivity index (χ3v) is 5.44. The summed E-state index contributed by atoms with van der Waals surface area (Å²) >= 11 is 1.39. The first-order valence-corrected chi connectivity index (χ1v) is 9.13. The van der Waals surface area contributed by atoms with Crippen LogP contribution in [0.15, 0.2) is 53.7 Å². The van der Waals surface area contributed by atoms with Crippen molar-refractivity contribution in [1.82, 2.24) is 9.38 Å². The maximum atomic E-state index is 12.2. The van der Waals surface area contributed by atoms with E-state index in [9.17, 15) is 9.59 Å². The maximum Gasteiger partial charge on any atom is 0.307 e. The monoisotopic (exact) mass is 367 g/mol. The summed E-state index contributed by atoms with van der Waals surface area (Å²) in [4.78, 5) is 29.8. The molecule has 1 aliphatic rings. The van der Waals surface area contributed by atoms with Crippen molar-refractivity contribution in [2.75, 3.05) is 5.32 Å². The number of nitrogens with zero attached hydrogens (tertiary/aromatic N) is 2. The Morgan fingerprint density at radius 3 is 3.00 bits per heavy atom. The summed E-state index contributed by atoms with van der Waals surface area (Å²) in [5, 5.41) is 2.34. The van der Waals surface area contributed by atoms with Crippen LogP contribution in [-0.4, -0.2) is 26.5 Å². The average molecular weight is 367 g/mol. The molecule has 0 saturated carbocycles. The van der Waals surface area contributed by atoms with Crippen molar-refractivity contribution >= 4 is 35.0 Å². The molecule has 1 aromatic carbocycles. The predicted molar refractivity (Wildman–Crippen MR) is 99.1 cm³/mol. The molecule has 3 heterocycles. The number of fused-ring (bicyclic) bond motifs is 2. The number of amides is 1. The molecule has 1 atom stereocenters. The first kappa shape index (κ1) is 16.7. The van der Waals surface area contributed by atoms with Gasteiger partial charge in [0.2, 0.25) is 5.91 Å². The van der Waals surface area contributed by atoms with Gasteiger partial charge in [0, 0.05) is 17.3 Å². The number of carbonyl (C=O) groups excluding carboxylic acids is 2. The smallest absolute Gasteiger partial charge is 0.307 e. The number of thioether (sulfide) groups is 1. The standard InChI is InChI=1S/C19H17N3O3S/c1-12-5-4-8-22-10-13(20-18(12)22)11-25-17(23)9-16-19(24)21-14-6-2-3-7-15(14)26-16/h2-8,10,16H,9,11H2,1H3,(H,21,24). The molecule has 0 saturated heterocycles. The number of hydrogen-bond donors (Lipinski definition) is 1. The van der Waals surface area contributed by atoms with Crippen LogP contribution in [0.5, 0.6) is 0 Å². The Hall–Kier alpha value is -2.80. The first-order valence-electron chi connectivity index (χ1n) is 8.25. The molecule has 2 aromatic heterocycles. The zero-order chi connectivity index (χ0) is 18.1. The summed E-state index contributed by atoms with van der Waals surface area (Å²) in [6, 6.07) is 11.5. The fraction of sp³-hybridized carbons (Fsp3) is 0.211. The molecule has 0 fully saturated rings. The van der Waals surface area contributed by atoms with Gasteiger partial charge in [0.1, 0.15) is 12.3 Å². The number of rotatable bonds is 4. The molecular formula is C19H17N3O3S. The van der Waals surface area contributed by atoms with Crippen molar-refractivity contribution in [3.8, 4) is 0 Å². The van der Waals surface area contributed by atoms with Gasteiger partial charge in [-0.05, 0) is 30.7 Å². The van der Waals surface area contributed by atoms with Crippen LogP contribution >= 0.6 is 11.8 Å². The highest BCUT2D eigenvalue weighted by Gasteiger charge is 2.29. The van der Waals surface area contributed by atoms with Gasteiger partial charge in [0.15, 0.2) is 0 Å². The Bertz CT molecular complexity index is 999. The number of aryl methyl sites for hydroxylation is 1. The van der Waals surface area contributed by atoms with E-state index in [0.29, 0.717) is 5.69 Å².